The summed E-state index contributed by atoms with van der Waals surface area (Å²) in [6.07, 6.45) is 0.432. The Morgan fingerprint density at radius 2 is 1.52 bits per heavy atom. The van der Waals surface area contributed by atoms with Crippen molar-refractivity contribution in [3.05, 3.63) is 5.56 Å². The lowest BCUT2D eigenvalue weighted by molar-refractivity contribution is 0.0621. The molecule has 0 atom stereocenters. The van der Waals surface area contributed by atoms with Crippen LogP contribution in [0.3, 0.4) is 0 Å². The first-order valence-corrected chi connectivity index (χ1v) is 9.51. The van der Waals surface area contributed by atoms with Gasteiger partial charge in [-0.25, -0.2) is 9.59 Å². The lowest BCUT2D eigenvalue weighted by Crippen LogP contribution is -2.29. The van der Waals surface area contributed by atoms with Gasteiger partial charge in [0.15, 0.2) is 0 Å². The number of nitrogens with zero attached hydrogens (tertiary/aromatic N) is 1. The maximum Gasteiger partial charge on any atom is 0.412 e. The Bertz CT molecular complexity index is 694. The number of carbonyl (C=O) groups is 2. The molecular weight excluding hydrogens is 362 g/mol. The third-order valence-electron chi connectivity index (χ3n) is 2.41. The number of thioether (sulfide) groups is 1. The maximum absolute atomic E-state index is 12.1. The summed E-state index contributed by atoms with van der Waals surface area (Å²) in [4.78, 5) is 24.1. The number of anilines is 2. The van der Waals surface area contributed by atoms with Crippen molar-refractivity contribution < 1.29 is 19.1 Å². The summed E-state index contributed by atoms with van der Waals surface area (Å²) in [7, 11) is 0. The minimum Gasteiger partial charge on any atom is -0.444 e. The van der Waals surface area contributed by atoms with Crippen LogP contribution in [-0.2, 0) is 9.47 Å². The molecule has 1 heterocycles. The molecule has 2 amide bonds. The van der Waals surface area contributed by atoms with E-state index < -0.39 is 23.4 Å². The second-order valence-electron chi connectivity index (χ2n) is 7.04. The molecule has 2 N–H and O–H groups in total. The predicted molar refractivity (Wildman–Crippen MR) is 101 cm³/mol. The zero-order valence-electron chi connectivity index (χ0n) is 15.4. The van der Waals surface area contributed by atoms with Gasteiger partial charge in [-0.05, 0) is 47.8 Å². The Hall–Kier alpha value is -1.92. The van der Waals surface area contributed by atoms with E-state index in [-0.39, 0.29) is 11.3 Å². The number of hydrogen-bond donors (Lipinski definition) is 2. The minimum absolute atomic E-state index is 0.206. The normalized spacial score (nSPS) is 11.4. The molecule has 9 heteroatoms. The van der Waals surface area contributed by atoms with Gasteiger partial charge in [-0.2, -0.15) is 5.26 Å². The topological polar surface area (TPSA) is 100 Å². The van der Waals surface area contributed by atoms with Crippen molar-refractivity contribution in [3.63, 3.8) is 0 Å². The molecule has 0 aliphatic rings. The average molecular weight is 386 g/mol. The molecule has 0 radical (unpaired) electrons. The van der Waals surface area contributed by atoms with Gasteiger partial charge in [0.2, 0.25) is 0 Å². The van der Waals surface area contributed by atoms with Crippen LogP contribution in [0.4, 0.5) is 20.3 Å². The lowest BCUT2D eigenvalue weighted by atomic mass is 10.2. The largest absolute Gasteiger partial charge is 0.444 e. The summed E-state index contributed by atoms with van der Waals surface area (Å²) in [5.41, 5.74) is -0.875. The summed E-state index contributed by atoms with van der Waals surface area (Å²) >= 11 is 2.53. The summed E-state index contributed by atoms with van der Waals surface area (Å²) in [5, 5.41) is 14.9. The van der Waals surface area contributed by atoms with E-state index in [4.69, 9.17) is 9.47 Å². The molecule has 25 heavy (non-hydrogen) atoms. The van der Waals surface area contributed by atoms with E-state index in [1.54, 1.807) is 47.8 Å². The van der Waals surface area contributed by atoms with Gasteiger partial charge in [-0.3, -0.25) is 10.6 Å². The van der Waals surface area contributed by atoms with Crippen LogP contribution in [0.25, 0.3) is 0 Å². The van der Waals surface area contributed by atoms with Crippen molar-refractivity contribution in [2.75, 3.05) is 16.9 Å². The zero-order valence-corrected chi connectivity index (χ0v) is 17.0. The van der Waals surface area contributed by atoms with Crippen molar-refractivity contribution >= 4 is 46.0 Å². The van der Waals surface area contributed by atoms with E-state index in [0.29, 0.717) is 9.21 Å². The van der Waals surface area contributed by atoms with Gasteiger partial charge >= 0.3 is 12.2 Å². The molecule has 0 saturated heterocycles. The fourth-order valence-electron chi connectivity index (χ4n) is 1.66. The minimum atomic E-state index is -0.707. The SMILES string of the molecule is CSc1sc(NC(=O)OC(C)(C)C)c(NC(=O)OC(C)(C)C)c1C#N. The molecule has 138 valence electrons. The van der Waals surface area contributed by atoms with Gasteiger partial charge in [-0.1, -0.05) is 0 Å². The third-order valence-corrected chi connectivity index (χ3v) is 4.64. The zero-order chi connectivity index (χ0) is 19.4. The van der Waals surface area contributed by atoms with E-state index in [0.717, 1.165) is 0 Å². The molecule has 0 fully saturated rings. The Balaban J connectivity index is 3.12. The highest BCUT2D eigenvalue weighted by Gasteiger charge is 2.25. The van der Waals surface area contributed by atoms with Crippen LogP contribution in [0.5, 0.6) is 0 Å². The van der Waals surface area contributed by atoms with Crippen LogP contribution < -0.4 is 10.6 Å². The van der Waals surface area contributed by atoms with Crippen molar-refractivity contribution in [1.29, 1.82) is 5.26 Å². The van der Waals surface area contributed by atoms with E-state index in [2.05, 4.69) is 16.7 Å². The maximum atomic E-state index is 12.1. The molecule has 0 spiro atoms. The Kier molecular flexibility index (Phi) is 6.74. The number of nitriles is 1. The van der Waals surface area contributed by atoms with Crippen LogP contribution in [0.2, 0.25) is 0 Å². The molecule has 0 aliphatic heterocycles. The molecule has 0 unspecified atom stereocenters. The highest BCUT2D eigenvalue weighted by atomic mass is 32.2. The highest BCUT2D eigenvalue weighted by Crippen LogP contribution is 2.42. The van der Waals surface area contributed by atoms with Crippen LogP contribution >= 0.6 is 23.1 Å². The van der Waals surface area contributed by atoms with Gasteiger partial charge in [-0.15, -0.1) is 23.1 Å². The number of ether oxygens (including phenoxy) is 2. The molecule has 1 rings (SSSR count). The number of hydrogen-bond acceptors (Lipinski definition) is 7. The van der Waals surface area contributed by atoms with Crippen LogP contribution in [0.1, 0.15) is 47.1 Å². The summed E-state index contributed by atoms with van der Waals surface area (Å²) < 4.78 is 11.1. The van der Waals surface area contributed by atoms with Gasteiger partial charge in [0.1, 0.15) is 27.8 Å². The number of nitrogens with one attached hydrogen (secondary N) is 2. The highest BCUT2D eigenvalue weighted by molar-refractivity contribution is 8.00. The first kappa shape index (κ1) is 21.1. The van der Waals surface area contributed by atoms with Crippen LogP contribution in [0.15, 0.2) is 4.21 Å². The molecular formula is C16H23N3O4S2. The van der Waals surface area contributed by atoms with Crippen molar-refractivity contribution in [2.45, 2.75) is 57.0 Å². The third kappa shape index (κ3) is 6.84. The fraction of sp³-hybridized carbons (Fsp3) is 0.562. The van der Waals surface area contributed by atoms with Gasteiger partial charge < -0.3 is 9.47 Å². The van der Waals surface area contributed by atoms with Crippen LogP contribution in [-0.4, -0.2) is 29.6 Å². The smallest absolute Gasteiger partial charge is 0.412 e. The van der Waals surface area contributed by atoms with Crippen LogP contribution in [0, 0.1) is 11.3 Å². The van der Waals surface area contributed by atoms with E-state index >= 15 is 0 Å². The fourth-order valence-corrected chi connectivity index (χ4v) is 3.42. The van der Waals surface area contributed by atoms with Gasteiger partial charge in [0, 0.05) is 0 Å². The summed E-state index contributed by atoms with van der Waals surface area (Å²) in [6.45, 7) is 10.4. The number of amides is 2. The van der Waals surface area contributed by atoms with Crippen molar-refractivity contribution in [3.8, 4) is 6.07 Å². The van der Waals surface area contributed by atoms with Crippen molar-refractivity contribution in [2.24, 2.45) is 0 Å². The van der Waals surface area contributed by atoms with E-state index in [1.807, 2.05) is 0 Å². The number of thiophene rings is 1. The summed E-state index contributed by atoms with van der Waals surface area (Å²) in [5.74, 6) is 0. The lowest BCUT2D eigenvalue weighted by Gasteiger charge is -2.21. The van der Waals surface area contributed by atoms with E-state index in [1.165, 1.54) is 23.1 Å². The first-order valence-electron chi connectivity index (χ1n) is 7.47. The van der Waals surface area contributed by atoms with Gasteiger partial charge in [0.05, 0.1) is 9.90 Å². The Morgan fingerprint density at radius 1 is 1.04 bits per heavy atom. The summed E-state index contributed by atoms with van der Waals surface area (Å²) in [6, 6.07) is 2.05. The Labute approximate surface area is 156 Å². The molecule has 0 saturated carbocycles. The standard InChI is InChI=1S/C16H23N3O4S2/c1-15(2,3)22-13(20)18-10-9(8-17)12(24-7)25-11(10)19-14(21)23-16(4,5)6/h1-7H3,(H,18,20)(H,19,21). The quantitative estimate of drug-likeness (QED) is 0.707. The van der Waals surface area contributed by atoms with Crippen molar-refractivity contribution in [1.82, 2.24) is 0 Å². The molecule has 0 aliphatic carbocycles. The monoisotopic (exact) mass is 385 g/mol. The second kappa shape index (κ2) is 7.97. The molecule has 1 aromatic rings. The average Bonchev–Trinajstić information content (AvgIpc) is 2.71. The molecule has 0 aromatic carbocycles. The Morgan fingerprint density at radius 3 is 1.92 bits per heavy atom. The molecule has 1 aromatic heterocycles. The predicted octanol–water partition coefficient (Wildman–Crippen LogP) is 5.04. The number of carbonyl (C=O) groups excluding carboxylic acids is 2. The van der Waals surface area contributed by atoms with E-state index in [9.17, 15) is 14.9 Å². The second-order valence-corrected chi connectivity index (χ2v) is 9.13. The first-order chi connectivity index (χ1) is 11.4. The molecule has 0 bridgehead atoms. The van der Waals surface area contributed by atoms with Gasteiger partial charge in [0.25, 0.3) is 0 Å². The number of rotatable bonds is 3. The molecule has 7 nitrogen and oxygen atoms in total.